The number of hydrogen-bond acceptors (Lipinski definition) is 2. The van der Waals surface area contributed by atoms with Gasteiger partial charge >= 0.3 is 0 Å². The Morgan fingerprint density at radius 2 is 2.11 bits per heavy atom. The van der Waals surface area contributed by atoms with Crippen molar-refractivity contribution in [1.82, 2.24) is 9.78 Å². The van der Waals surface area contributed by atoms with Crippen LogP contribution < -0.4 is 0 Å². The molecule has 2 aromatic rings. The predicted octanol–water partition coefficient (Wildman–Crippen LogP) is 3.25. The summed E-state index contributed by atoms with van der Waals surface area (Å²) in [5.74, 6) is 0. The van der Waals surface area contributed by atoms with E-state index in [1.807, 2.05) is 42.8 Å². The molecule has 96 valence electrons. The molecule has 0 spiro atoms. The van der Waals surface area contributed by atoms with Gasteiger partial charge in [-0.2, -0.15) is 5.10 Å². The Bertz CT molecular complexity index is 561. The van der Waals surface area contributed by atoms with E-state index in [0.29, 0.717) is 6.54 Å². The molecule has 1 N–H and O–H groups in total. The Morgan fingerprint density at radius 1 is 1.39 bits per heavy atom. The lowest BCUT2D eigenvalue weighted by Crippen LogP contribution is -2.04. The monoisotopic (exact) mass is 264 g/mol. The average molecular weight is 265 g/mol. The quantitative estimate of drug-likeness (QED) is 0.924. The van der Waals surface area contributed by atoms with Gasteiger partial charge in [0.2, 0.25) is 0 Å². The SMILES string of the molecule is Cc1nn(Cc2cccc(Cl)c2)c(C)c1C(C)O. The summed E-state index contributed by atoms with van der Waals surface area (Å²) in [4.78, 5) is 0. The minimum atomic E-state index is -0.488. The topological polar surface area (TPSA) is 38.0 Å². The van der Waals surface area contributed by atoms with Gasteiger partial charge in [0.05, 0.1) is 18.3 Å². The Kier molecular flexibility index (Phi) is 3.73. The van der Waals surface area contributed by atoms with E-state index in [9.17, 15) is 5.11 Å². The first-order valence-electron chi connectivity index (χ1n) is 5.95. The largest absolute Gasteiger partial charge is 0.389 e. The average Bonchev–Trinajstić information content (AvgIpc) is 2.54. The zero-order valence-corrected chi connectivity index (χ0v) is 11.6. The van der Waals surface area contributed by atoms with Gasteiger partial charge in [0, 0.05) is 16.3 Å². The Hall–Kier alpha value is -1.32. The number of aryl methyl sites for hydroxylation is 1. The second-order valence-electron chi connectivity index (χ2n) is 4.55. The normalized spacial score (nSPS) is 12.7. The summed E-state index contributed by atoms with van der Waals surface area (Å²) >= 11 is 5.97. The highest BCUT2D eigenvalue weighted by Gasteiger charge is 2.15. The molecule has 2 rings (SSSR count). The molecular weight excluding hydrogens is 248 g/mol. The number of nitrogens with zero attached hydrogens (tertiary/aromatic N) is 2. The van der Waals surface area contributed by atoms with Crippen molar-refractivity contribution in [1.29, 1.82) is 0 Å². The Morgan fingerprint density at radius 3 is 2.67 bits per heavy atom. The van der Waals surface area contributed by atoms with Crippen molar-refractivity contribution in [2.45, 2.75) is 33.4 Å². The summed E-state index contributed by atoms with van der Waals surface area (Å²) in [6, 6.07) is 7.73. The van der Waals surface area contributed by atoms with Gasteiger partial charge in [0.15, 0.2) is 0 Å². The third kappa shape index (κ3) is 2.57. The van der Waals surface area contributed by atoms with Crippen LogP contribution >= 0.6 is 11.6 Å². The van der Waals surface area contributed by atoms with Crippen molar-refractivity contribution < 1.29 is 5.11 Å². The standard InChI is InChI=1S/C14H17ClN2O/c1-9-14(11(3)18)10(2)17(16-9)8-12-5-4-6-13(15)7-12/h4-7,11,18H,8H2,1-3H3. The highest BCUT2D eigenvalue weighted by Crippen LogP contribution is 2.22. The van der Waals surface area contributed by atoms with Crippen LogP contribution in [0.5, 0.6) is 0 Å². The second-order valence-corrected chi connectivity index (χ2v) is 4.98. The molecule has 4 heteroatoms. The zero-order valence-electron chi connectivity index (χ0n) is 10.8. The van der Waals surface area contributed by atoms with Crippen LogP contribution in [0.1, 0.15) is 35.5 Å². The van der Waals surface area contributed by atoms with Crippen molar-refractivity contribution in [2.75, 3.05) is 0 Å². The van der Waals surface area contributed by atoms with E-state index in [-0.39, 0.29) is 0 Å². The summed E-state index contributed by atoms with van der Waals surface area (Å²) in [5, 5.41) is 14.9. The molecule has 0 saturated heterocycles. The highest BCUT2D eigenvalue weighted by molar-refractivity contribution is 6.30. The number of benzene rings is 1. The van der Waals surface area contributed by atoms with Crippen LogP contribution in [0.3, 0.4) is 0 Å². The maximum Gasteiger partial charge on any atom is 0.0797 e. The summed E-state index contributed by atoms with van der Waals surface area (Å²) in [5.41, 5.74) is 3.90. The number of aromatic nitrogens is 2. The van der Waals surface area contributed by atoms with E-state index in [1.54, 1.807) is 6.92 Å². The lowest BCUT2D eigenvalue weighted by Gasteiger charge is -2.07. The number of rotatable bonds is 3. The molecule has 0 radical (unpaired) electrons. The predicted molar refractivity (Wildman–Crippen MR) is 72.9 cm³/mol. The maximum atomic E-state index is 9.73. The molecular formula is C14H17ClN2O. The first-order valence-corrected chi connectivity index (χ1v) is 6.33. The van der Waals surface area contributed by atoms with Crippen LogP contribution in [0.4, 0.5) is 0 Å². The minimum Gasteiger partial charge on any atom is -0.389 e. The van der Waals surface area contributed by atoms with Crippen LogP contribution in [0.15, 0.2) is 24.3 Å². The van der Waals surface area contributed by atoms with E-state index in [4.69, 9.17) is 11.6 Å². The Balaban J connectivity index is 2.33. The highest BCUT2D eigenvalue weighted by atomic mass is 35.5. The minimum absolute atomic E-state index is 0.488. The molecule has 1 heterocycles. The summed E-state index contributed by atoms with van der Waals surface area (Å²) in [6.07, 6.45) is -0.488. The summed E-state index contributed by atoms with van der Waals surface area (Å²) in [6.45, 7) is 6.33. The molecule has 18 heavy (non-hydrogen) atoms. The van der Waals surface area contributed by atoms with Crippen molar-refractivity contribution in [3.8, 4) is 0 Å². The lowest BCUT2D eigenvalue weighted by molar-refractivity contribution is 0.197. The van der Waals surface area contributed by atoms with Crippen LogP contribution in [0.25, 0.3) is 0 Å². The molecule has 0 amide bonds. The van der Waals surface area contributed by atoms with Gasteiger partial charge in [-0.25, -0.2) is 0 Å². The summed E-state index contributed by atoms with van der Waals surface area (Å²) < 4.78 is 1.91. The molecule has 0 aliphatic rings. The van der Waals surface area contributed by atoms with E-state index in [0.717, 1.165) is 27.5 Å². The van der Waals surface area contributed by atoms with Crippen molar-refractivity contribution in [2.24, 2.45) is 0 Å². The molecule has 0 fully saturated rings. The molecule has 0 bridgehead atoms. The van der Waals surface area contributed by atoms with E-state index >= 15 is 0 Å². The van der Waals surface area contributed by atoms with Gasteiger partial charge in [-0.1, -0.05) is 23.7 Å². The number of aliphatic hydroxyl groups is 1. The molecule has 1 unspecified atom stereocenters. The van der Waals surface area contributed by atoms with Crippen LogP contribution in [0, 0.1) is 13.8 Å². The van der Waals surface area contributed by atoms with Gasteiger partial charge in [-0.05, 0) is 38.5 Å². The fourth-order valence-corrected chi connectivity index (χ4v) is 2.49. The van der Waals surface area contributed by atoms with E-state index in [2.05, 4.69) is 5.10 Å². The van der Waals surface area contributed by atoms with E-state index < -0.39 is 6.10 Å². The van der Waals surface area contributed by atoms with Gasteiger partial charge in [0.1, 0.15) is 0 Å². The number of halogens is 1. The van der Waals surface area contributed by atoms with Crippen molar-refractivity contribution in [3.63, 3.8) is 0 Å². The fraction of sp³-hybridized carbons (Fsp3) is 0.357. The number of aliphatic hydroxyl groups excluding tert-OH is 1. The summed E-state index contributed by atoms with van der Waals surface area (Å²) in [7, 11) is 0. The molecule has 0 aliphatic heterocycles. The smallest absolute Gasteiger partial charge is 0.0797 e. The van der Waals surface area contributed by atoms with Gasteiger partial charge in [0.25, 0.3) is 0 Å². The molecule has 0 saturated carbocycles. The van der Waals surface area contributed by atoms with Gasteiger partial charge in [-0.3, -0.25) is 4.68 Å². The van der Waals surface area contributed by atoms with Gasteiger partial charge in [-0.15, -0.1) is 0 Å². The second kappa shape index (κ2) is 5.12. The van der Waals surface area contributed by atoms with Crippen LogP contribution in [-0.2, 0) is 6.54 Å². The van der Waals surface area contributed by atoms with Crippen LogP contribution in [0.2, 0.25) is 5.02 Å². The first-order chi connectivity index (χ1) is 8.49. The van der Waals surface area contributed by atoms with Crippen molar-refractivity contribution in [3.05, 3.63) is 51.8 Å². The molecule has 3 nitrogen and oxygen atoms in total. The molecule has 1 atom stereocenters. The Labute approximate surface area is 112 Å². The third-order valence-electron chi connectivity index (χ3n) is 3.08. The first kappa shape index (κ1) is 13.1. The lowest BCUT2D eigenvalue weighted by atomic mass is 10.1. The molecule has 0 aliphatic carbocycles. The zero-order chi connectivity index (χ0) is 13.3. The van der Waals surface area contributed by atoms with E-state index in [1.165, 1.54) is 0 Å². The van der Waals surface area contributed by atoms with Crippen LogP contribution in [-0.4, -0.2) is 14.9 Å². The van der Waals surface area contributed by atoms with Gasteiger partial charge < -0.3 is 5.11 Å². The molecule has 1 aromatic heterocycles. The maximum absolute atomic E-state index is 9.73. The van der Waals surface area contributed by atoms with Crippen molar-refractivity contribution >= 4 is 11.6 Å². The number of hydrogen-bond donors (Lipinski definition) is 1. The molecule has 1 aromatic carbocycles. The fourth-order valence-electron chi connectivity index (χ4n) is 2.28. The third-order valence-corrected chi connectivity index (χ3v) is 3.31.